The van der Waals surface area contributed by atoms with Crippen molar-refractivity contribution in [3.63, 3.8) is 0 Å². The minimum atomic E-state index is -1.29. The lowest BCUT2D eigenvalue weighted by Crippen LogP contribution is -2.57. The van der Waals surface area contributed by atoms with Crippen molar-refractivity contribution in [1.82, 2.24) is 16.0 Å². The predicted octanol–water partition coefficient (Wildman–Crippen LogP) is -2.74. The first-order valence-corrected chi connectivity index (χ1v) is 8.80. The molecule has 0 aromatic heterocycles. The van der Waals surface area contributed by atoms with E-state index in [4.69, 9.17) is 16.6 Å². The Balaban J connectivity index is 4.96. The van der Waals surface area contributed by atoms with Crippen LogP contribution >= 0.6 is 0 Å². The molecular weight excluding hydrogens is 358 g/mol. The van der Waals surface area contributed by atoms with Crippen molar-refractivity contribution in [3.8, 4) is 0 Å². The van der Waals surface area contributed by atoms with Crippen LogP contribution in [0.2, 0.25) is 0 Å². The Morgan fingerprint density at radius 1 is 0.963 bits per heavy atom. The van der Waals surface area contributed by atoms with Gasteiger partial charge in [0.1, 0.15) is 18.6 Å². The van der Waals surface area contributed by atoms with Gasteiger partial charge < -0.3 is 37.6 Å². The topological polar surface area (TPSA) is 197 Å². The zero-order valence-corrected chi connectivity index (χ0v) is 15.7. The first-order valence-electron chi connectivity index (χ1n) is 8.80. The number of nitrogens with two attached hydrogens (primary N) is 2. The molecule has 0 heterocycles. The van der Waals surface area contributed by atoms with Crippen LogP contribution in [-0.2, 0) is 19.2 Å². The Hall–Kier alpha value is -2.24. The van der Waals surface area contributed by atoms with Crippen molar-refractivity contribution < 1.29 is 29.4 Å². The van der Waals surface area contributed by atoms with Crippen LogP contribution < -0.4 is 27.4 Å². The lowest BCUT2D eigenvalue weighted by Gasteiger charge is -2.23. The van der Waals surface area contributed by atoms with Crippen LogP contribution in [0.15, 0.2) is 0 Å². The van der Waals surface area contributed by atoms with Crippen LogP contribution in [0.1, 0.15) is 33.1 Å². The number of carboxylic acid groups (broad SMARTS) is 1. The number of aliphatic hydroxyl groups is 1. The summed E-state index contributed by atoms with van der Waals surface area (Å²) in [6.07, 6.45) is 1.37. The summed E-state index contributed by atoms with van der Waals surface area (Å²) in [6, 6.07) is -3.16. The van der Waals surface area contributed by atoms with Gasteiger partial charge in [-0.25, -0.2) is 0 Å². The summed E-state index contributed by atoms with van der Waals surface area (Å²) in [5, 5.41) is 25.0. The minimum absolute atomic E-state index is 0.168. The van der Waals surface area contributed by atoms with Gasteiger partial charge in [0.25, 0.3) is 0 Å². The average Bonchev–Trinajstić information content (AvgIpc) is 2.62. The van der Waals surface area contributed by atoms with Gasteiger partial charge in [0.15, 0.2) is 0 Å². The molecular formula is C16H31N5O6. The molecule has 0 spiro atoms. The molecule has 11 nitrogen and oxygen atoms in total. The van der Waals surface area contributed by atoms with Crippen LogP contribution in [0.3, 0.4) is 0 Å². The minimum Gasteiger partial charge on any atom is -0.480 e. The largest absolute Gasteiger partial charge is 0.480 e. The smallest absolute Gasteiger partial charge is 0.322 e. The highest BCUT2D eigenvalue weighted by Gasteiger charge is 2.28. The van der Waals surface area contributed by atoms with Crippen LogP contribution in [-0.4, -0.2) is 71.7 Å². The van der Waals surface area contributed by atoms with E-state index in [1.165, 1.54) is 0 Å². The van der Waals surface area contributed by atoms with E-state index in [-0.39, 0.29) is 12.3 Å². The van der Waals surface area contributed by atoms with E-state index in [9.17, 15) is 24.3 Å². The van der Waals surface area contributed by atoms with Crippen molar-refractivity contribution in [2.75, 3.05) is 19.7 Å². The lowest BCUT2D eigenvalue weighted by atomic mass is 10.0. The van der Waals surface area contributed by atoms with Gasteiger partial charge in [0.2, 0.25) is 17.7 Å². The molecule has 0 rings (SSSR count). The second kappa shape index (κ2) is 13.0. The summed E-state index contributed by atoms with van der Waals surface area (Å²) in [4.78, 5) is 47.0. The number of carbonyl (C=O) groups is 4. The highest BCUT2D eigenvalue weighted by molar-refractivity contribution is 5.93. The molecule has 27 heavy (non-hydrogen) atoms. The molecule has 0 aromatic rings. The number of amides is 3. The fourth-order valence-corrected chi connectivity index (χ4v) is 2.08. The van der Waals surface area contributed by atoms with Crippen molar-refractivity contribution in [2.45, 2.75) is 51.2 Å². The Morgan fingerprint density at radius 2 is 1.56 bits per heavy atom. The second-order valence-electron chi connectivity index (χ2n) is 6.47. The number of aliphatic carboxylic acids is 1. The highest BCUT2D eigenvalue weighted by Crippen LogP contribution is 2.03. The number of unbranched alkanes of at least 4 members (excludes halogenated alkanes) is 1. The number of hydrogen-bond acceptors (Lipinski definition) is 7. The number of hydrogen-bond donors (Lipinski definition) is 7. The van der Waals surface area contributed by atoms with Crippen molar-refractivity contribution >= 4 is 23.7 Å². The molecule has 0 aromatic carbocycles. The van der Waals surface area contributed by atoms with E-state index in [2.05, 4.69) is 16.0 Å². The molecule has 0 saturated carbocycles. The first kappa shape index (κ1) is 24.8. The van der Waals surface area contributed by atoms with Gasteiger partial charge in [-0.1, -0.05) is 13.8 Å². The Labute approximate surface area is 158 Å². The standard InChI is InChI=1S/C16H31N5O6/c1-9(2)13(18)16(27)21-11(8-22)15(26)20-10(5-3-4-6-17)14(25)19-7-12(23)24/h9-11,13,22H,3-8,17-18H2,1-2H3,(H,19,25)(H,20,26)(H,21,27)(H,23,24). The van der Waals surface area contributed by atoms with Crippen LogP contribution in [0.25, 0.3) is 0 Å². The van der Waals surface area contributed by atoms with Gasteiger partial charge in [-0.05, 0) is 31.7 Å². The van der Waals surface area contributed by atoms with Crippen LogP contribution in [0.4, 0.5) is 0 Å². The number of nitrogens with one attached hydrogen (secondary N) is 3. The Bertz CT molecular complexity index is 514. The summed E-state index contributed by atoms with van der Waals surface area (Å²) >= 11 is 0. The summed E-state index contributed by atoms with van der Waals surface area (Å²) in [7, 11) is 0. The highest BCUT2D eigenvalue weighted by atomic mass is 16.4. The quantitative estimate of drug-likeness (QED) is 0.165. The van der Waals surface area contributed by atoms with Gasteiger partial charge in [-0.3, -0.25) is 19.2 Å². The number of aliphatic hydroxyl groups excluding tert-OH is 1. The van der Waals surface area contributed by atoms with E-state index in [1.54, 1.807) is 13.8 Å². The Morgan fingerprint density at radius 3 is 2.04 bits per heavy atom. The zero-order valence-electron chi connectivity index (χ0n) is 15.7. The molecule has 0 aliphatic rings. The van der Waals surface area contributed by atoms with E-state index in [0.717, 1.165) is 0 Å². The third kappa shape index (κ3) is 9.87. The van der Waals surface area contributed by atoms with Gasteiger partial charge in [-0.2, -0.15) is 0 Å². The molecule has 11 heteroatoms. The summed E-state index contributed by atoms with van der Waals surface area (Å²) in [5.74, 6) is -3.44. The SMILES string of the molecule is CC(C)C(N)C(=O)NC(CO)C(=O)NC(CCCCN)C(=O)NCC(=O)O. The van der Waals surface area contributed by atoms with Crippen molar-refractivity contribution in [3.05, 3.63) is 0 Å². The van der Waals surface area contributed by atoms with Gasteiger partial charge in [0, 0.05) is 0 Å². The van der Waals surface area contributed by atoms with Crippen molar-refractivity contribution in [2.24, 2.45) is 17.4 Å². The maximum atomic E-state index is 12.3. The third-order valence-corrected chi connectivity index (χ3v) is 3.83. The second-order valence-corrected chi connectivity index (χ2v) is 6.47. The van der Waals surface area contributed by atoms with Crippen LogP contribution in [0.5, 0.6) is 0 Å². The first-order chi connectivity index (χ1) is 12.6. The van der Waals surface area contributed by atoms with E-state index in [0.29, 0.717) is 19.4 Å². The Kier molecular flexibility index (Phi) is 11.9. The molecule has 0 bridgehead atoms. The normalized spacial score (nSPS) is 14.1. The maximum Gasteiger partial charge on any atom is 0.322 e. The van der Waals surface area contributed by atoms with Crippen LogP contribution in [0, 0.1) is 5.92 Å². The molecule has 3 unspecified atom stereocenters. The fourth-order valence-electron chi connectivity index (χ4n) is 2.08. The average molecular weight is 389 g/mol. The molecule has 3 atom stereocenters. The molecule has 0 aliphatic carbocycles. The van der Waals surface area contributed by atoms with E-state index >= 15 is 0 Å². The van der Waals surface area contributed by atoms with Gasteiger partial charge in [0.05, 0.1) is 12.6 Å². The number of carboxylic acids is 1. The van der Waals surface area contributed by atoms with E-state index < -0.39 is 55.0 Å². The molecule has 0 fully saturated rings. The number of carbonyl (C=O) groups excluding carboxylic acids is 3. The van der Waals surface area contributed by atoms with E-state index in [1.807, 2.05) is 0 Å². The lowest BCUT2D eigenvalue weighted by molar-refractivity contribution is -0.138. The monoisotopic (exact) mass is 389 g/mol. The third-order valence-electron chi connectivity index (χ3n) is 3.83. The zero-order chi connectivity index (χ0) is 21.0. The summed E-state index contributed by atoms with van der Waals surface area (Å²) in [5.41, 5.74) is 11.1. The molecule has 9 N–H and O–H groups in total. The van der Waals surface area contributed by atoms with Gasteiger partial charge >= 0.3 is 5.97 Å². The van der Waals surface area contributed by atoms with Crippen molar-refractivity contribution in [1.29, 1.82) is 0 Å². The fraction of sp³-hybridized carbons (Fsp3) is 0.750. The molecule has 156 valence electrons. The molecule has 0 saturated heterocycles. The summed E-state index contributed by atoms with van der Waals surface area (Å²) < 4.78 is 0. The predicted molar refractivity (Wildman–Crippen MR) is 97.3 cm³/mol. The molecule has 3 amide bonds. The number of rotatable bonds is 13. The van der Waals surface area contributed by atoms with Gasteiger partial charge in [-0.15, -0.1) is 0 Å². The molecule has 0 aliphatic heterocycles. The summed E-state index contributed by atoms with van der Waals surface area (Å²) in [6.45, 7) is 2.59. The maximum absolute atomic E-state index is 12.3. The molecule has 0 radical (unpaired) electrons.